The molecule has 1 rings (SSSR count). The molecule has 0 heterocycles. The summed E-state index contributed by atoms with van der Waals surface area (Å²) in [5, 5.41) is 4.05. The summed E-state index contributed by atoms with van der Waals surface area (Å²) in [5.41, 5.74) is 1.02. The van der Waals surface area contributed by atoms with Crippen LogP contribution in [0.25, 0.3) is 0 Å². The molecule has 1 aromatic carbocycles. The number of benzene rings is 1. The van der Waals surface area contributed by atoms with Crippen LogP contribution >= 0.6 is 11.6 Å². The van der Waals surface area contributed by atoms with Crippen LogP contribution in [0, 0.1) is 11.8 Å². The first-order valence-electron chi connectivity index (χ1n) is 6.61. The molecule has 0 radical (unpaired) electrons. The molecule has 108 valence electrons. The van der Waals surface area contributed by atoms with Crippen molar-refractivity contribution in [3.63, 3.8) is 0 Å². The molecule has 0 aliphatic rings. The van der Waals surface area contributed by atoms with Gasteiger partial charge in [0.2, 0.25) is 0 Å². The third kappa shape index (κ3) is 4.29. The van der Waals surface area contributed by atoms with Crippen molar-refractivity contribution in [2.45, 2.75) is 27.3 Å². The summed E-state index contributed by atoms with van der Waals surface area (Å²) < 4.78 is 10.5. The third-order valence-electron chi connectivity index (χ3n) is 3.48. The largest absolute Gasteiger partial charge is 0.493 e. The minimum Gasteiger partial charge on any atom is -0.493 e. The van der Waals surface area contributed by atoms with Gasteiger partial charge in [-0.25, -0.2) is 0 Å². The van der Waals surface area contributed by atoms with Gasteiger partial charge in [0.1, 0.15) is 0 Å². The molecule has 0 aliphatic heterocycles. The van der Waals surface area contributed by atoms with Gasteiger partial charge in [0, 0.05) is 6.54 Å². The molecule has 0 saturated heterocycles. The second-order valence-electron chi connectivity index (χ2n) is 5.13. The monoisotopic (exact) mass is 285 g/mol. The summed E-state index contributed by atoms with van der Waals surface area (Å²) in [7, 11) is 3.21. The molecule has 0 saturated carbocycles. The van der Waals surface area contributed by atoms with Crippen molar-refractivity contribution >= 4 is 11.6 Å². The van der Waals surface area contributed by atoms with E-state index in [-0.39, 0.29) is 0 Å². The Bertz CT molecular complexity index is 407. The molecule has 0 spiro atoms. The van der Waals surface area contributed by atoms with E-state index in [1.165, 1.54) is 0 Å². The number of ether oxygens (including phenoxy) is 2. The SMILES string of the molecule is COc1ccc(CNCC(C)C(C)C)c(Cl)c1OC. The topological polar surface area (TPSA) is 30.5 Å². The molecule has 3 nitrogen and oxygen atoms in total. The van der Waals surface area contributed by atoms with Gasteiger partial charge in [-0.3, -0.25) is 0 Å². The Morgan fingerprint density at radius 2 is 1.84 bits per heavy atom. The van der Waals surface area contributed by atoms with Gasteiger partial charge >= 0.3 is 0 Å². The van der Waals surface area contributed by atoms with E-state index in [1.807, 2.05) is 12.1 Å². The van der Waals surface area contributed by atoms with Crippen molar-refractivity contribution < 1.29 is 9.47 Å². The highest BCUT2D eigenvalue weighted by Crippen LogP contribution is 2.37. The van der Waals surface area contributed by atoms with Gasteiger partial charge in [0.05, 0.1) is 19.2 Å². The van der Waals surface area contributed by atoms with E-state index in [0.29, 0.717) is 28.4 Å². The number of halogens is 1. The van der Waals surface area contributed by atoms with Crippen LogP contribution < -0.4 is 14.8 Å². The molecule has 1 aromatic rings. The zero-order valence-electron chi connectivity index (χ0n) is 12.4. The van der Waals surface area contributed by atoms with Crippen molar-refractivity contribution in [1.29, 1.82) is 0 Å². The van der Waals surface area contributed by atoms with Gasteiger partial charge in [-0.1, -0.05) is 38.4 Å². The molecule has 0 fully saturated rings. The van der Waals surface area contributed by atoms with Crippen LogP contribution in [0.1, 0.15) is 26.3 Å². The zero-order valence-corrected chi connectivity index (χ0v) is 13.2. The molecular weight excluding hydrogens is 262 g/mol. The van der Waals surface area contributed by atoms with Gasteiger partial charge in [-0.05, 0) is 30.0 Å². The minimum atomic E-state index is 0.598. The summed E-state index contributed by atoms with van der Waals surface area (Å²) in [6.07, 6.45) is 0. The number of hydrogen-bond acceptors (Lipinski definition) is 3. The second kappa shape index (κ2) is 7.61. The first kappa shape index (κ1) is 16.1. The van der Waals surface area contributed by atoms with Crippen LogP contribution in [-0.4, -0.2) is 20.8 Å². The van der Waals surface area contributed by atoms with Crippen LogP contribution in [0.15, 0.2) is 12.1 Å². The maximum atomic E-state index is 6.33. The summed E-state index contributed by atoms with van der Waals surface area (Å²) in [4.78, 5) is 0. The predicted molar refractivity (Wildman–Crippen MR) is 80.3 cm³/mol. The first-order valence-corrected chi connectivity index (χ1v) is 6.99. The summed E-state index contributed by atoms with van der Waals surface area (Å²) in [6, 6.07) is 3.85. The lowest BCUT2D eigenvalue weighted by molar-refractivity contribution is 0.354. The highest BCUT2D eigenvalue weighted by molar-refractivity contribution is 6.33. The maximum absolute atomic E-state index is 6.33. The standard InChI is InChI=1S/C15H24ClNO2/c1-10(2)11(3)8-17-9-12-6-7-13(18-4)15(19-5)14(12)16/h6-7,10-11,17H,8-9H2,1-5H3. The van der Waals surface area contributed by atoms with Gasteiger partial charge < -0.3 is 14.8 Å². The molecule has 0 amide bonds. The number of hydrogen-bond donors (Lipinski definition) is 1. The minimum absolute atomic E-state index is 0.598. The van der Waals surface area contributed by atoms with Crippen molar-refractivity contribution in [2.24, 2.45) is 11.8 Å². The van der Waals surface area contributed by atoms with Crippen LogP contribution in [-0.2, 0) is 6.54 Å². The Kier molecular flexibility index (Phi) is 6.46. The molecular formula is C15H24ClNO2. The van der Waals surface area contributed by atoms with Crippen LogP contribution in [0.4, 0.5) is 0 Å². The Morgan fingerprint density at radius 3 is 2.37 bits per heavy atom. The fourth-order valence-corrected chi connectivity index (χ4v) is 2.04. The lowest BCUT2D eigenvalue weighted by atomic mass is 9.98. The molecule has 0 aliphatic carbocycles. The van der Waals surface area contributed by atoms with Crippen LogP contribution in [0.5, 0.6) is 11.5 Å². The molecule has 0 aromatic heterocycles. The summed E-state index contributed by atoms with van der Waals surface area (Å²) in [6.45, 7) is 8.41. The van der Waals surface area contributed by atoms with Crippen LogP contribution in [0.2, 0.25) is 5.02 Å². The van der Waals surface area contributed by atoms with Gasteiger partial charge in [0.15, 0.2) is 11.5 Å². The average Bonchev–Trinajstić information content (AvgIpc) is 2.39. The van der Waals surface area contributed by atoms with Gasteiger partial charge in [-0.15, -0.1) is 0 Å². The fraction of sp³-hybridized carbons (Fsp3) is 0.600. The third-order valence-corrected chi connectivity index (χ3v) is 3.90. The van der Waals surface area contributed by atoms with Gasteiger partial charge in [0.25, 0.3) is 0 Å². The smallest absolute Gasteiger partial charge is 0.179 e. The van der Waals surface area contributed by atoms with E-state index >= 15 is 0 Å². The second-order valence-corrected chi connectivity index (χ2v) is 5.50. The molecule has 1 unspecified atom stereocenters. The van der Waals surface area contributed by atoms with Crippen molar-refractivity contribution in [3.05, 3.63) is 22.7 Å². The van der Waals surface area contributed by atoms with Crippen molar-refractivity contribution in [1.82, 2.24) is 5.32 Å². The van der Waals surface area contributed by atoms with Crippen molar-refractivity contribution in [3.8, 4) is 11.5 Å². The lowest BCUT2D eigenvalue weighted by Crippen LogP contribution is -2.23. The van der Waals surface area contributed by atoms with E-state index in [0.717, 1.165) is 18.7 Å². The van der Waals surface area contributed by atoms with E-state index < -0.39 is 0 Å². The Morgan fingerprint density at radius 1 is 1.16 bits per heavy atom. The van der Waals surface area contributed by atoms with E-state index in [2.05, 4.69) is 26.1 Å². The zero-order chi connectivity index (χ0) is 14.4. The van der Waals surface area contributed by atoms with Crippen molar-refractivity contribution in [2.75, 3.05) is 20.8 Å². The fourth-order valence-electron chi connectivity index (χ4n) is 1.74. The molecule has 1 N–H and O–H groups in total. The molecule has 19 heavy (non-hydrogen) atoms. The molecule has 1 atom stereocenters. The van der Waals surface area contributed by atoms with E-state index in [9.17, 15) is 0 Å². The van der Waals surface area contributed by atoms with Crippen LogP contribution in [0.3, 0.4) is 0 Å². The maximum Gasteiger partial charge on any atom is 0.179 e. The summed E-state index contributed by atoms with van der Waals surface area (Å²) >= 11 is 6.33. The molecule has 0 bridgehead atoms. The lowest BCUT2D eigenvalue weighted by Gasteiger charge is -2.17. The van der Waals surface area contributed by atoms with Gasteiger partial charge in [-0.2, -0.15) is 0 Å². The Hall–Kier alpha value is -0.930. The quantitative estimate of drug-likeness (QED) is 0.828. The van der Waals surface area contributed by atoms with E-state index in [4.69, 9.17) is 21.1 Å². The Balaban J connectivity index is 2.69. The first-order chi connectivity index (χ1) is 9.01. The number of nitrogens with one attached hydrogen (secondary N) is 1. The van der Waals surface area contributed by atoms with E-state index in [1.54, 1.807) is 14.2 Å². The summed E-state index contributed by atoms with van der Waals surface area (Å²) in [5.74, 6) is 2.57. The highest BCUT2D eigenvalue weighted by atomic mass is 35.5. The normalized spacial score (nSPS) is 12.6. The number of rotatable bonds is 7. The average molecular weight is 286 g/mol. The highest BCUT2D eigenvalue weighted by Gasteiger charge is 2.13. The molecule has 4 heteroatoms. The Labute approximate surface area is 121 Å². The predicted octanol–water partition coefficient (Wildman–Crippen LogP) is 3.74. The number of methoxy groups -OCH3 is 2.